The van der Waals surface area contributed by atoms with Crippen molar-refractivity contribution in [2.24, 2.45) is 11.5 Å². The second-order valence-corrected chi connectivity index (χ2v) is 5.27. The third kappa shape index (κ3) is 8.74. The summed E-state index contributed by atoms with van der Waals surface area (Å²) in [5.74, 6) is -1.03. The summed E-state index contributed by atoms with van der Waals surface area (Å²) in [6.07, 6.45) is 1.29. The van der Waals surface area contributed by atoms with Crippen molar-refractivity contribution in [2.75, 3.05) is 13.1 Å². The van der Waals surface area contributed by atoms with E-state index in [0.29, 0.717) is 25.8 Å². The van der Waals surface area contributed by atoms with E-state index in [-0.39, 0.29) is 13.2 Å². The third-order valence-electron chi connectivity index (χ3n) is 3.20. The number of alkyl carbamates (subject to hydrolysis) is 1. The maximum Gasteiger partial charge on any atom is 0.407 e. The zero-order valence-corrected chi connectivity index (χ0v) is 13.5. The number of hydrogen-bond donors (Lipinski definition) is 4. The lowest BCUT2D eigenvalue weighted by Crippen LogP contribution is -2.43. The van der Waals surface area contributed by atoms with Crippen LogP contribution in [0.3, 0.4) is 0 Å². The summed E-state index contributed by atoms with van der Waals surface area (Å²) in [6.45, 7) is 0.433. The van der Waals surface area contributed by atoms with Gasteiger partial charge < -0.3 is 26.8 Å². The lowest BCUT2D eigenvalue weighted by atomic mass is 10.1. The third-order valence-corrected chi connectivity index (χ3v) is 3.20. The van der Waals surface area contributed by atoms with Gasteiger partial charge in [0.05, 0.1) is 12.6 Å². The first kappa shape index (κ1) is 19.4. The number of carbonyl (C=O) groups excluding carboxylic acids is 3. The van der Waals surface area contributed by atoms with Crippen molar-refractivity contribution >= 4 is 17.9 Å². The monoisotopic (exact) mass is 336 g/mol. The van der Waals surface area contributed by atoms with E-state index >= 15 is 0 Å². The normalized spacial score (nSPS) is 11.4. The molecule has 0 saturated carbocycles. The highest BCUT2D eigenvalue weighted by molar-refractivity contribution is 5.86. The first-order valence-electron chi connectivity index (χ1n) is 7.75. The Morgan fingerprint density at radius 1 is 1.08 bits per heavy atom. The van der Waals surface area contributed by atoms with Crippen molar-refractivity contribution in [3.8, 4) is 0 Å². The molecule has 24 heavy (non-hydrogen) atoms. The van der Waals surface area contributed by atoms with E-state index in [1.807, 2.05) is 30.3 Å². The van der Waals surface area contributed by atoms with Gasteiger partial charge in [-0.2, -0.15) is 0 Å². The Hall–Kier alpha value is -2.61. The van der Waals surface area contributed by atoms with E-state index in [0.717, 1.165) is 5.56 Å². The summed E-state index contributed by atoms with van der Waals surface area (Å²) < 4.78 is 5.07. The fourth-order valence-corrected chi connectivity index (χ4v) is 1.89. The zero-order chi connectivity index (χ0) is 17.8. The number of amides is 3. The van der Waals surface area contributed by atoms with Crippen molar-refractivity contribution in [3.63, 3.8) is 0 Å². The molecule has 0 spiro atoms. The highest BCUT2D eigenvalue weighted by Gasteiger charge is 2.13. The first-order chi connectivity index (χ1) is 11.5. The summed E-state index contributed by atoms with van der Waals surface area (Å²) in [6, 6.07) is 8.69. The molecular formula is C16H24N4O4. The van der Waals surface area contributed by atoms with Crippen LogP contribution in [-0.4, -0.2) is 37.0 Å². The molecule has 0 aliphatic heterocycles. The number of unbranched alkanes of at least 4 members (excludes halogenated alkanes) is 1. The second kappa shape index (κ2) is 11.0. The number of ether oxygens (including phenoxy) is 1. The summed E-state index contributed by atoms with van der Waals surface area (Å²) in [7, 11) is 0. The van der Waals surface area contributed by atoms with Gasteiger partial charge in [-0.3, -0.25) is 9.59 Å². The number of nitrogens with two attached hydrogens (primary N) is 2. The molecule has 8 heteroatoms. The van der Waals surface area contributed by atoms with Crippen LogP contribution in [0.4, 0.5) is 4.79 Å². The zero-order valence-electron chi connectivity index (χ0n) is 13.5. The smallest absolute Gasteiger partial charge is 0.407 e. The number of benzene rings is 1. The number of nitrogens with one attached hydrogen (secondary N) is 2. The van der Waals surface area contributed by atoms with Gasteiger partial charge in [0.25, 0.3) is 0 Å². The van der Waals surface area contributed by atoms with Gasteiger partial charge in [-0.15, -0.1) is 0 Å². The fraction of sp³-hybridized carbons (Fsp3) is 0.438. The van der Waals surface area contributed by atoms with E-state index in [1.54, 1.807) is 0 Å². The highest BCUT2D eigenvalue weighted by Crippen LogP contribution is 2.01. The molecule has 0 aliphatic rings. The Kier molecular flexibility index (Phi) is 8.91. The molecule has 8 nitrogen and oxygen atoms in total. The van der Waals surface area contributed by atoms with Gasteiger partial charge in [-0.05, 0) is 24.8 Å². The van der Waals surface area contributed by atoms with Crippen LogP contribution in [0.1, 0.15) is 24.8 Å². The van der Waals surface area contributed by atoms with Gasteiger partial charge in [-0.25, -0.2) is 4.79 Å². The van der Waals surface area contributed by atoms with Crippen molar-refractivity contribution < 1.29 is 19.1 Å². The average molecular weight is 336 g/mol. The molecule has 0 fully saturated rings. The summed E-state index contributed by atoms with van der Waals surface area (Å²) in [5, 5.41) is 4.98. The SMILES string of the molecule is NC(=O)CNC(=O)[C@H](N)CCCCNC(=O)OCc1ccccc1. The van der Waals surface area contributed by atoms with E-state index in [4.69, 9.17) is 16.2 Å². The number of carbonyl (C=O) groups is 3. The molecule has 0 unspecified atom stereocenters. The molecule has 0 radical (unpaired) electrons. The molecule has 1 atom stereocenters. The van der Waals surface area contributed by atoms with Gasteiger partial charge in [0.2, 0.25) is 11.8 Å². The van der Waals surface area contributed by atoms with Crippen LogP contribution >= 0.6 is 0 Å². The van der Waals surface area contributed by atoms with Gasteiger partial charge in [0.15, 0.2) is 0 Å². The van der Waals surface area contributed by atoms with E-state index in [9.17, 15) is 14.4 Å². The van der Waals surface area contributed by atoms with Crippen LogP contribution in [0.5, 0.6) is 0 Å². The topological polar surface area (TPSA) is 137 Å². The Morgan fingerprint density at radius 3 is 2.46 bits per heavy atom. The Morgan fingerprint density at radius 2 is 1.79 bits per heavy atom. The van der Waals surface area contributed by atoms with E-state index in [1.165, 1.54) is 0 Å². The molecule has 0 saturated heterocycles. The molecule has 0 aliphatic carbocycles. The lowest BCUT2D eigenvalue weighted by Gasteiger charge is -2.11. The summed E-state index contributed by atoms with van der Waals surface area (Å²) >= 11 is 0. The standard InChI is InChI=1S/C16H24N4O4/c17-13(15(22)20-10-14(18)21)8-4-5-9-19-16(23)24-11-12-6-2-1-3-7-12/h1-3,6-7,13H,4-5,8-11,17H2,(H2,18,21)(H,19,23)(H,20,22)/t13-/m1/s1. The maximum atomic E-state index is 11.5. The highest BCUT2D eigenvalue weighted by atomic mass is 16.5. The molecule has 3 amide bonds. The molecule has 0 heterocycles. The number of hydrogen-bond acceptors (Lipinski definition) is 5. The molecule has 132 valence electrons. The number of primary amides is 1. The predicted molar refractivity (Wildman–Crippen MR) is 88.7 cm³/mol. The lowest BCUT2D eigenvalue weighted by molar-refractivity contribution is -0.125. The second-order valence-electron chi connectivity index (χ2n) is 5.27. The van der Waals surface area contributed by atoms with E-state index in [2.05, 4.69) is 10.6 Å². The van der Waals surface area contributed by atoms with Crippen LogP contribution in [0.2, 0.25) is 0 Å². The van der Waals surface area contributed by atoms with Crippen LogP contribution in [-0.2, 0) is 20.9 Å². The summed E-state index contributed by atoms with van der Waals surface area (Å²) in [4.78, 5) is 33.6. The quantitative estimate of drug-likeness (QED) is 0.446. The fourth-order valence-electron chi connectivity index (χ4n) is 1.89. The minimum Gasteiger partial charge on any atom is -0.445 e. The molecule has 1 rings (SSSR count). The van der Waals surface area contributed by atoms with Crippen molar-refractivity contribution in [3.05, 3.63) is 35.9 Å². The van der Waals surface area contributed by atoms with Gasteiger partial charge in [0, 0.05) is 6.54 Å². The largest absolute Gasteiger partial charge is 0.445 e. The Labute approximate surface area is 140 Å². The van der Waals surface area contributed by atoms with Crippen molar-refractivity contribution in [1.82, 2.24) is 10.6 Å². The molecule has 1 aromatic rings. The average Bonchev–Trinajstić information content (AvgIpc) is 2.58. The van der Waals surface area contributed by atoms with Crippen LogP contribution in [0, 0.1) is 0 Å². The van der Waals surface area contributed by atoms with Crippen LogP contribution in [0.25, 0.3) is 0 Å². The van der Waals surface area contributed by atoms with Crippen molar-refractivity contribution in [2.45, 2.75) is 31.9 Å². The summed E-state index contributed by atoms with van der Waals surface area (Å²) in [5.41, 5.74) is 11.5. The first-order valence-corrected chi connectivity index (χ1v) is 7.75. The van der Waals surface area contributed by atoms with Gasteiger partial charge in [-0.1, -0.05) is 30.3 Å². The minimum absolute atomic E-state index is 0.220. The van der Waals surface area contributed by atoms with Crippen LogP contribution < -0.4 is 22.1 Å². The van der Waals surface area contributed by atoms with Crippen molar-refractivity contribution in [1.29, 1.82) is 0 Å². The number of rotatable bonds is 10. The van der Waals surface area contributed by atoms with Gasteiger partial charge >= 0.3 is 6.09 Å². The van der Waals surface area contributed by atoms with E-state index < -0.39 is 23.9 Å². The Balaban J connectivity index is 2.05. The molecule has 0 aromatic heterocycles. The Bertz CT molecular complexity index is 536. The molecule has 1 aromatic carbocycles. The molecule has 0 bridgehead atoms. The van der Waals surface area contributed by atoms with Crippen LogP contribution in [0.15, 0.2) is 30.3 Å². The predicted octanol–water partition coefficient (Wildman–Crippen LogP) is 0.0119. The van der Waals surface area contributed by atoms with Gasteiger partial charge in [0.1, 0.15) is 6.61 Å². The minimum atomic E-state index is -0.700. The maximum absolute atomic E-state index is 11.5. The molecule has 6 N–H and O–H groups in total. The molecular weight excluding hydrogens is 312 g/mol.